The fourth-order valence-electron chi connectivity index (χ4n) is 2.32. The van der Waals surface area contributed by atoms with Gasteiger partial charge in [0.25, 0.3) is 0 Å². The maximum atomic E-state index is 12.2. The molecule has 1 heterocycles. The molecule has 108 valence electrons. The zero-order valence-electron chi connectivity index (χ0n) is 10.8. The first-order valence-corrected chi connectivity index (χ1v) is 8.59. The van der Waals surface area contributed by atoms with Crippen molar-refractivity contribution < 1.29 is 17.9 Å². The highest BCUT2D eigenvalue weighted by Crippen LogP contribution is 2.43. The summed E-state index contributed by atoms with van der Waals surface area (Å²) in [5.41, 5.74) is 0.114. The molecule has 1 aromatic heterocycles. The van der Waals surface area contributed by atoms with Crippen molar-refractivity contribution in [3.05, 3.63) is 16.5 Å². The van der Waals surface area contributed by atoms with E-state index in [2.05, 4.69) is 27.6 Å². The molecule has 2 N–H and O–H groups in total. The van der Waals surface area contributed by atoms with Crippen LogP contribution in [0.25, 0.3) is 0 Å². The van der Waals surface area contributed by atoms with E-state index in [1.165, 1.54) is 12.5 Å². The molecule has 5 nitrogen and oxygen atoms in total. The zero-order chi connectivity index (χ0) is 14.1. The predicted molar refractivity (Wildman–Crippen MR) is 74.1 cm³/mol. The zero-order valence-corrected chi connectivity index (χ0v) is 13.2. The monoisotopic (exact) mass is 351 g/mol. The third-order valence-corrected chi connectivity index (χ3v) is 6.21. The summed E-state index contributed by atoms with van der Waals surface area (Å²) in [6.07, 6.45) is 4.28. The summed E-state index contributed by atoms with van der Waals surface area (Å²) in [4.78, 5) is 0.0436. The summed E-state index contributed by atoms with van der Waals surface area (Å²) in [5.74, 6) is 0.223. The summed E-state index contributed by atoms with van der Waals surface area (Å²) in [6.45, 7) is 2.22. The Bertz CT molecular complexity index is 543. The second-order valence-corrected chi connectivity index (χ2v) is 7.50. The molecule has 2 rings (SSSR count). The lowest BCUT2D eigenvalue weighted by atomic mass is 9.67. The number of nitrogens with one attached hydrogen (secondary N) is 1. The van der Waals surface area contributed by atoms with Crippen molar-refractivity contribution in [1.29, 1.82) is 0 Å². The summed E-state index contributed by atoms with van der Waals surface area (Å²) in [6, 6.07) is 1.34. The van der Waals surface area contributed by atoms with E-state index in [9.17, 15) is 8.42 Å². The third-order valence-electron chi connectivity index (χ3n) is 3.95. The second-order valence-electron chi connectivity index (χ2n) is 5.04. The molecule has 0 atom stereocenters. The fraction of sp³-hybridized carbons (Fsp3) is 0.667. The molecule has 1 aromatic rings. The smallest absolute Gasteiger partial charge is 0.244 e. The van der Waals surface area contributed by atoms with Gasteiger partial charge < -0.3 is 9.52 Å². The van der Waals surface area contributed by atoms with Crippen LogP contribution in [0.2, 0.25) is 0 Å². The number of rotatable bonds is 6. The normalized spacial score (nSPS) is 18.3. The SMILES string of the molecule is CCC1(CNS(=O)(=O)c2cc(CO)oc2Br)CCC1. The van der Waals surface area contributed by atoms with Gasteiger partial charge in [0.05, 0.1) is 0 Å². The number of sulfonamides is 1. The van der Waals surface area contributed by atoms with E-state index in [0.717, 1.165) is 19.3 Å². The van der Waals surface area contributed by atoms with Crippen LogP contribution >= 0.6 is 15.9 Å². The largest absolute Gasteiger partial charge is 0.450 e. The summed E-state index contributed by atoms with van der Waals surface area (Å²) < 4.78 is 32.3. The summed E-state index contributed by atoms with van der Waals surface area (Å²) >= 11 is 3.07. The molecular formula is C12H18BrNO4S. The molecule has 0 saturated heterocycles. The Hall–Kier alpha value is -0.370. The number of hydrogen-bond donors (Lipinski definition) is 2. The van der Waals surface area contributed by atoms with E-state index in [1.54, 1.807) is 0 Å². The molecule has 0 spiro atoms. The Balaban J connectivity index is 2.11. The lowest BCUT2D eigenvalue weighted by Gasteiger charge is -2.41. The maximum absolute atomic E-state index is 12.2. The molecule has 0 radical (unpaired) electrons. The maximum Gasteiger partial charge on any atom is 0.244 e. The van der Waals surface area contributed by atoms with Crippen LogP contribution in [0.4, 0.5) is 0 Å². The second kappa shape index (κ2) is 5.55. The number of hydrogen-bond acceptors (Lipinski definition) is 4. The van der Waals surface area contributed by atoms with Crippen LogP contribution in [-0.4, -0.2) is 20.1 Å². The predicted octanol–water partition coefficient (Wildman–Crippen LogP) is 2.39. The van der Waals surface area contributed by atoms with Crippen molar-refractivity contribution >= 4 is 26.0 Å². The van der Waals surface area contributed by atoms with Gasteiger partial charge in [0.2, 0.25) is 10.0 Å². The van der Waals surface area contributed by atoms with Gasteiger partial charge in [0.1, 0.15) is 17.3 Å². The lowest BCUT2D eigenvalue weighted by molar-refractivity contribution is 0.133. The van der Waals surface area contributed by atoms with E-state index in [4.69, 9.17) is 9.52 Å². The standard InChI is InChI=1S/C12H18BrNO4S/c1-2-12(4-3-5-12)8-14-19(16,17)10-6-9(7-15)18-11(10)13/h6,14-15H,2-5,7-8H2,1H3. The number of aliphatic hydroxyl groups excluding tert-OH is 1. The Kier molecular flexibility index (Phi) is 4.39. The molecule has 0 aliphatic heterocycles. The molecule has 0 aromatic carbocycles. The summed E-state index contributed by atoms with van der Waals surface area (Å²) in [7, 11) is -3.60. The van der Waals surface area contributed by atoms with Crippen LogP contribution in [0.15, 0.2) is 20.0 Å². The first kappa shape index (κ1) is 15.0. The average Bonchev–Trinajstić information content (AvgIpc) is 2.70. The molecule has 1 aliphatic carbocycles. The first-order chi connectivity index (χ1) is 8.92. The van der Waals surface area contributed by atoms with Crippen LogP contribution in [0.5, 0.6) is 0 Å². The molecule has 0 unspecified atom stereocenters. The van der Waals surface area contributed by atoms with E-state index >= 15 is 0 Å². The minimum absolute atomic E-state index is 0.0436. The molecule has 1 fully saturated rings. The van der Waals surface area contributed by atoms with Gasteiger partial charge >= 0.3 is 0 Å². The van der Waals surface area contributed by atoms with E-state index in [-0.39, 0.29) is 27.3 Å². The van der Waals surface area contributed by atoms with E-state index in [0.29, 0.717) is 6.54 Å². The molecule has 7 heteroatoms. The van der Waals surface area contributed by atoms with Crippen molar-refractivity contribution in [1.82, 2.24) is 4.72 Å². The van der Waals surface area contributed by atoms with Gasteiger partial charge in [-0.3, -0.25) is 0 Å². The lowest BCUT2D eigenvalue weighted by Crippen LogP contribution is -2.41. The quantitative estimate of drug-likeness (QED) is 0.824. The number of furan rings is 1. The molecule has 0 amide bonds. The van der Waals surface area contributed by atoms with Crippen molar-refractivity contribution in [2.24, 2.45) is 5.41 Å². The van der Waals surface area contributed by atoms with E-state index in [1.807, 2.05) is 0 Å². The molecule has 0 bridgehead atoms. The van der Waals surface area contributed by atoms with Gasteiger partial charge in [-0.25, -0.2) is 13.1 Å². The molecule has 1 saturated carbocycles. The Labute approximate surface area is 121 Å². The van der Waals surface area contributed by atoms with Crippen molar-refractivity contribution in [3.8, 4) is 0 Å². The Morgan fingerprint density at radius 3 is 2.63 bits per heavy atom. The Morgan fingerprint density at radius 1 is 1.53 bits per heavy atom. The minimum Gasteiger partial charge on any atom is -0.450 e. The van der Waals surface area contributed by atoms with Crippen LogP contribution in [0.3, 0.4) is 0 Å². The van der Waals surface area contributed by atoms with Crippen molar-refractivity contribution in [2.45, 2.75) is 44.1 Å². The molecular weight excluding hydrogens is 334 g/mol. The van der Waals surface area contributed by atoms with Crippen LogP contribution < -0.4 is 4.72 Å². The van der Waals surface area contributed by atoms with Crippen LogP contribution in [0, 0.1) is 5.41 Å². The van der Waals surface area contributed by atoms with Gasteiger partial charge in [-0.1, -0.05) is 13.3 Å². The number of halogens is 1. The van der Waals surface area contributed by atoms with Crippen molar-refractivity contribution in [3.63, 3.8) is 0 Å². The Morgan fingerprint density at radius 2 is 2.21 bits per heavy atom. The highest BCUT2D eigenvalue weighted by Gasteiger charge is 2.36. The third kappa shape index (κ3) is 3.04. The highest BCUT2D eigenvalue weighted by molar-refractivity contribution is 9.10. The number of aliphatic hydroxyl groups is 1. The van der Waals surface area contributed by atoms with Gasteiger partial charge in [0.15, 0.2) is 4.67 Å². The van der Waals surface area contributed by atoms with Crippen LogP contribution in [-0.2, 0) is 16.6 Å². The molecule has 1 aliphatic rings. The van der Waals surface area contributed by atoms with Gasteiger partial charge in [0, 0.05) is 12.6 Å². The molecule has 19 heavy (non-hydrogen) atoms. The van der Waals surface area contributed by atoms with Gasteiger partial charge in [-0.2, -0.15) is 0 Å². The first-order valence-electron chi connectivity index (χ1n) is 6.31. The van der Waals surface area contributed by atoms with Crippen LogP contribution in [0.1, 0.15) is 38.4 Å². The fourth-order valence-corrected chi connectivity index (χ4v) is 4.47. The highest BCUT2D eigenvalue weighted by atomic mass is 79.9. The summed E-state index contributed by atoms with van der Waals surface area (Å²) in [5, 5.41) is 8.96. The minimum atomic E-state index is -3.60. The van der Waals surface area contributed by atoms with E-state index < -0.39 is 10.0 Å². The van der Waals surface area contributed by atoms with Crippen molar-refractivity contribution in [2.75, 3.05) is 6.54 Å². The van der Waals surface area contributed by atoms with Gasteiger partial charge in [-0.15, -0.1) is 0 Å². The topological polar surface area (TPSA) is 79.5 Å². The van der Waals surface area contributed by atoms with Gasteiger partial charge in [-0.05, 0) is 40.6 Å². The average molecular weight is 352 g/mol.